The lowest BCUT2D eigenvalue weighted by Gasteiger charge is -2.21. The van der Waals surface area contributed by atoms with E-state index in [1.807, 2.05) is 18.2 Å². The van der Waals surface area contributed by atoms with Crippen LogP contribution in [0.4, 0.5) is 0 Å². The average Bonchev–Trinajstić information content (AvgIpc) is 2.17. The zero-order valence-corrected chi connectivity index (χ0v) is 9.66. The molecule has 0 spiro atoms. The van der Waals surface area contributed by atoms with Gasteiger partial charge in [0, 0.05) is 13.0 Å². The summed E-state index contributed by atoms with van der Waals surface area (Å²) < 4.78 is 0. The van der Waals surface area contributed by atoms with Crippen LogP contribution in [0.3, 0.4) is 0 Å². The van der Waals surface area contributed by atoms with Crippen molar-refractivity contribution in [2.24, 2.45) is 5.92 Å². The molecule has 0 heterocycles. The predicted octanol–water partition coefficient (Wildman–Crippen LogP) is 2.39. The number of carbonyl (C=O) groups excluding carboxylic acids is 1. The van der Waals surface area contributed by atoms with Crippen molar-refractivity contribution in [2.45, 2.75) is 33.2 Å². The number of hydrogen-bond donors (Lipinski definition) is 1. The Morgan fingerprint density at radius 2 is 1.87 bits per heavy atom. The number of nitrogens with one attached hydrogen (secondary N) is 1. The fourth-order valence-corrected chi connectivity index (χ4v) is 1.58. The van der Waals surface area contributed by atoms with Crippen molar-refractivity contribution in [1.82, 2.24) is 5.32 Å². The molecule has 0 bridgehead atoms. The molecule has 1 unspecified atom stereocenters. The lowest BCUT2D eigenvalue weighted by Crippen LogP contribution is -2.38. The molecular formula is C13H19NO. The average molecular weight is 205 g/mol. The molecule has 1 aromatic carbocycles. The Morgan fingerprint density at radius 3 is 2.33 bits per heavy atom. The summed E-state index contributed by atoms with van der Waals surface area (Å²) in [6.07, 6.45) is 0.901. The van der Waals surface area contributed by atoms with E-state index in [1.54, 1.807) is 6.92 Å². The third-order valence-corrected chi connectivity index (χ3v) is 2.49. The normalized spacial score (nSPS) is 12.5. The first-order chi connectivity index (χ1) is 7.09. The predicted molar refractivity (Wildman–Crippen MR) is 62.6 cm³/mol. The van der Waals surface area contributed by atoms with Gasteiger partial charge >= 0.3 is 0 Å². The largest absolute Gasteiger partial charge is 0.353 e. The highest BCUT2D eigenvalue weighted by Gasteiger charge is 2.14. The second-order valence-corrected chi connectivity index (χ2v) is 4.24. The third-order valence-electron chi connectivity index (χ3n) is 2.49. The molecule has 2 nitrogen and oxygen atoms in total. The van der Waals surface area contributed by atoms with Gasteiger partial charge in [-0.2, -0.15) is 0 Å². The molecule has 2 heteroatoms. The second-order valence-electron chi connectivity index (χ2n) is 4.24. The fraction of sp³-hybridized carbons (Fsp3) is 0.462. The summed E-state index contributed by atoms with van der Waals surface area (Å²) in [5.41, 5.74) is 1.27. The molecule has 0 aliphatic rings. The minimum Gasteiger partial charge on any atom is -0.353 e. The topological polar surface area (TPSA) is 29.1 Å². The molecule has 0 aromatic heterocycles. The smallest absolute Gasteiger partial charge is 0.217 e. The summed E-state index contributed by atoms with van der Waals surface area (Å²) in [5.74, 6) is 0.499. The van der Waals surface area contributed by atoms with Crippen LogP contribution in [0.2, 0.25) is 0 Å². The monoisotopic (exact) mass is 205 g/mol. The maximum Gasteiger partial charge on any atom is 0.217 e. The van der Waals surface area contributed by atoms with Crippen molar-refractivity contribution >= 4 is 5.91 Å². The number of hydrogen-bond acceptors (Lipinski definition) is 1. The first-order valence-electron chi connectivity index (χ1n) is 5.40. The zero-order valence-electron chi connectivity index (χ0n) is 9.66. The molecule has 1 aromatic rings. The van der Waals surface area contributed by atoms with E-state index in [2.05, 4.69) is 31.3 Å². The molecule has 1 N–H and O–H groups in total. The minimum absolute atomic E-state index is 0.0460. The lowest BCUT2D eigenvalue weighted by atomic mass is 9.96. The second kappa shape index (κ2) is 5.54. The Hall–Kier alpha value is -1.31. The number of amides is 1. The Kier molecular flexibility index (Phi) is 4.35. The van der Waals surface area contributed by atoms with Gasteiger partial charge in [-0.15, -0.1) is 0 Å². The van der Waals surface area contributed by atoms with Crippen molar-refractivity contribution < 1.29 is 4.79 Å². The molecule has 82 valence electrons. The molecule has 1 amide bonds. The molecule has 1 rings (SSSR count). The molecule has 15 heavy (non-hydrogen) atoms. The molecule has 1 atom stereocenters. The van der Waals surface area contributed by atoms with Crippen LogP contribution in [0.15, 0.2) is 30.3 Å². The number of rotatable bonds is 4. The number of benzene rings is 1. The van der Waals surface area contributed by atoms with E-state index in [0.717, 1.165) is 6.42 Å². The summed E-state index contributed by atoms with van der Waals surface area (Å²) in [6.45, 7) is 5.83. The summed E-state index contributed by atoms with van der Waals surface area (Å²) in [6, 6.07) is 10.5. The Morgan fingerprint density at radius 1 is 1.27 bits per heavy atom. The van der Waals surface area contributed by atoms with Gasteiger partial charge in [0.1, 0.15) is 0 Å². The van der Waals surface area contributed by atoms with E-state index in [1.165, 1.54) is 5.56 Å². The molecular weight excluding hydrogens is 186 g/mol. The Labute approximate surface area is 91.7 Å². The first kappa shape index (κ1) is 11.8. The Balaban J connectivity index is 2.63. The van der Waals surface area contributed by atoms with Crippen molar-refractivity contribution in [1.29, 1.82) is 0 Å². The van der Waals surface area contributed by atoms with Gasteiger partial charge in [0.25, 0.3) is 0 Å². The minimum atomic E-state index is 0.0460. The molecule has 0 aliphatic heterocycles. The van der Waals surface area contributed by atoms with Crippen LogP contribution in [0, 0.1) is 5.92 Å². The van der Waals surface area contributed by atoms with Crippen LogP contribution >= 0.6 is 0 Å². The summed E-state index contributed by atoms with van der Waals surface area (Å²) >= 11 is 0. The van der Waals surface area contributed by atoms with Crippen molar-refractivity contribution in [3.05, 3.63) is 35.9 Å². The SMILES string of the molecule is CC(=O)NC(Cc1ccccc1)C(C)C. The highest BCUT2D eigenvalue weighted by molar-refractivity contribution is 5.73. The van der Waals surface area contributed by atoms with Crippen LogP contribution in [-0.4, -0.2) is 11.9 Å². The van der Waals surface area contributed by atoms with Gasteiger partial charge in [0.2, 0.25) is 5.91 Å². The molecule has 0 saturated heterocycles. The van der Waals surface area contributed by atoms with Crippen LogP contribution in [-0.2, 0) is 11.2 Å². The molecule has 0 radical (unpaired) electrons. The van der Waals surface area contributed by atoms with Gasteiger partial charge in [0.15, 0.2) is 0 Å². The number of carbonyl (C=O) groups is 1. The highest BCUT2D eigenvalue weighted by atomic mass is 16.1. The van der Waals surface area contributed by atoms with Gasteiger partial charge in [-0.3, -0.25) is 4.79 Å². The third kappa shape index (κ3) is 4.15. The van der Waals surface area contributed by atoms with Crippen LogP contribution < -0.4 is 5.32 Å². The van der Waals surface area contributed by atoms with E-state index in [0.29, 0.717) is 5.92 Å². The molecule has 0 aliphatic carbocycles. The molecule has 0 saturated carbocycles. The first-order valence-corrected chi connectivity index (χ1v) is 5.40. The van der Waals surface area contributed by atoms with Crippen molar-refractivity contribution in [3.63, 3.8) is 0 Å². The highest BCUT2D eigenvalue weighted by Crippen LogP contribution is 2.09. The summed E-state index contributed by atoms with van der Waals surface area (Å²) in [5, 5.41) is 2.99. The molecule has 0 fully saturated rings. The zero-order chi connectivity index (χ0) is 11.3. The van der Waals surface area contributed by atoms with Gasteiger partial charge < -0.3 is 5.32 Å². The van der Waals surface area contributed by atoms with Gasteiger partial charge in [-0.05, 0) is 17.9 Å². The van der Waals surface area contributed by atoms with E-state index in [9.17, 15) is 4.79 Å². The fourth-order valence-electron chi connectivity index (χ4n) is 1.58. The van der Waals surface area contributed by atoms with Gasteiger partial charge in [-0.25, -0.2) is 0 Å². The van der Waals surface area contributed by atoms with Crippen LogP contribution in [0.25, 0.3) is 0 Å². The van der Waals surface area contributed by atoms with Crippen molar-refractivity contribution in [2.75, 3.05) is 0 Å². The van der Waals surface area contributed by atoms with E-state index in [-0.39, 0.29) is 11.9 Å². The van der Waals surface area contributed by atoms with Gasteiger partial charge in [-0.1, -0.05) is 44.2 Å². The van der Waals surface area contributed by atoms with E-state index >= 15 is 0 Å². The van der Waals surface area contributed by atoms with E-state index in [4.69, 9.17) is 0 Å². The quantitative estimate of drug-likeness (QED) is 0.803. The van der Waals surface area contributed by atoms with Gasteiger partial charge in [0.05, 0.1) is 0 Å². The van der Waals surface area contributed by atoms with Crippen LogP contribution in [0.1, 0.15) is 26.3 Å². The van der Waals surface area contributed by atoms with E-state index < -0.39 is 0 Å². The standard InChI is InChI=1S/C13H19NO/c1-10(2)13(14-11(3)15)9-12-7-5-4-6-8-12/h4-8,10,13H,9H2,1-3H3,(H,14,15). The van der Waals surface area contributed by atoms with Crippen LogP contribution in [0.5, 0.6) is 0 Å². The lowest BCUT2D eigenvalue weighted by molar-refractivity contribution is -0.119. The summed E-state index contributed by atoms with van der Waals surface area (Å²) in [7, 11) is 0. The Bertz CT molecular complexity index is 306. The maximum absolute atomic E-state index is 11.0. The van der Waals surface area contributed by atoms with Crippen molar-refractivity contribution in [3.8, 4) is 0 Å². The summed E-state index contributed by atoms with van der Waals surface area (Å²) in [4.78, 5) is 11.0. The maximum atomic E-state index is 11.0.